The van der Waals surface area contributed by atoms with Crippen molar-refractivity contribution in [3.8, 4) is 0 Å². The largest absolute Gasteiger partial charge is 0.393 e. The summed E-state index contributed by atoms with van der Waals surface area (Å²) in [5.74, 6) is 4.14. The molecule has 8 atom stereocenters. The van der Waals surface area contributed by atoms with Crippen molar-refractivity contribution in [1.29, 1.82) is 0 Å². The highest BCUT2D eigenvalue weighted by Crippen LogP contribution is 2.66. The van der Waals surface area contributed by atoms with Gasteiger partial charge in [-0.15, -0.1) is 0 Å². The van der Waals surface area contributed by atoms with Crippen LogP contribution in [0.2, 0.25) is 0 Å². The molecule has 0 heterocycles. The first-order chi connectivity index (χ1) is 13.9. The van der Waals surface area contributed by atoms with Crippen LogP contribution in [0.15, 0.2) is 11.6 Å². The van der Waals surface area contributed by atoms with Crippen LogP contribution >= 0.6 is 0 Å². The van der Waals surface area contributed by atoms with Crippen molar-refractivity contribution in [3.63, 3.8) is 0 Å². The van der Waals surface area contributed by atoms with Crippen molar-refractivity contribution in [2.75, 3.05) is 0 Å². The van der Waals surface area contributed by atoms with Gasteiger partial charge in [0.05, 0.1) is 12.2 Å². The molecule has 0 radical (unpaired) electrons. The van der Waals surface area contributed by atoms with E-state index in [9.17, 15) is 10.2 Å². The third-order valence-electron chi connectivity index (χ3n) is 11.0. The second-order valence-electron chi connectivity index (χ2n) is 12.2. The summed E-state index contributed by atoms with van der Waals surface area (Å²) < 4.78 is 0. The van der Waals surface area contributed by atoms with Crippen LogP contribution in [0, 0.1) is 40.4 Å². The molecule has 2 nitrogen and oxygen atoms in total. The Morgan fingerprint density at radius 3 is 2.62 bits per heavy atom. The Kier molecular flexibility index (Phi) is 5.43. The van der Waals surface area contributed by atoms with Gasteiger partial charge in [-0.3, -0.25) is 0 Å². The third-order valence-corrected chi connectivity index (χ3v) is 11.0. The highest BCUT2D eigenvalue weighted by molar-refractivity contribution is 5.25. The SMILES string of the molecule is CC12CCC(O)CC1=CCC1C2CCC2(C)C1CC[C@@H]2CCCC(O)C1CCC1. The molecule has 0 bridgehead atoms. The fraction of sp³-hybridized carbons (Fsp3) is 0.926. The van der Waals surface area contributed by atoms with E-state index in [1.54, 1.807) is 5.57 Å². The van der Waals surface area contributed by atoms with Crippen molar-refractivity contribution >= 4 is 0 Å². The van der Waals surface area contributed by atoms with E-state index in [4.69, 9.17) is 0 Å². The van der Waals surface area contributed by atoms with Gasteiger partial charge in [0, 0.05) is 0 Å². The van der Waals surface area contributed by atoms with Crippen LogP contribution < -0.4 is 0 Å². The van der Waals surface area contributed by atoms with E-state index in [1.807, 2.05) is 0 Å². The second kappa shape index (κ2) is 7.66. The quantitative estimate of drug-likeness (QED) is 0.535. The first kappa shape index (κ1) is 20.6. The van der Waals surface area contributed by atoms with Gasteiger partial charge in [-0.25, -0.2) is 0 Å². The minimum absolute atomic E-state index is 0.0204. The summed E-state index contributed by atoms with van der Waals surface area (Å²) in [6.07, 6.45) is 20.0. The molecule has 2 heteroatoms. The van der Waals surface area contributed by atoms with E-state index in [-0.39, 0.29) is 12.2 Å². The fourth-order valence-corrected chi connectivity index (χ4v) is 8.86. The summed E-state index contributed by atoms with van der Waals surface area (Å²) >= 11 is 0. The maximum atomic E-state index is 10.4. The lowest BCUT2D eigenvalue weighted by molar-refractivity contribution is -0.0514. The molecule has 0 spiro atoms. The highest BCUT2D eigenvalue weighted by atomic mass is 16.3. The molecular formula is C27H44O2. The molecule has 164 valence electrons. The number of hydrogen-bond acceptors (Lipinski definition) is 2. The summed E-state index contributed by atoms with van der Waals surface area (Å²) in [6, 6.07) is 0. The van der Waals surface area contributed by atoms with Gasteiger partial charge in [-0.1, -0.05) is 38.3 Å². The molecule has 4 saturated carbocycles. The minimum atomic E-state index is -0.0918. The lowest BCUT2D eigenvalue weighted by Gasteiger charge is -2.58. The molecule has 5 rings (SSSR count). The Balaban J connectivity index is 1.24. The predicted octanol–water partition coefficient (Wildman–Crippen LogP) is 6.26. The number of rotatable bonds is 5. The van der Waals surface area contributed by atoms with Crippen molar-refractivity contribution in [3.05, 3.63) is 11.6 Å². The van der Waals surface area contributed by atoms with E-state index in [0.29, 0.717) is 16.7 Å². The fourth-order valence-electron chi connectivity index (χ4n) is 8.86. The number of aliphatic hydroxyl groups excluding tert-OH is 2. The van der Waals surface area contributed by atoms with Crippen LogP contribution in [0.3, 0.4) is 0 Å². The second-order valence-corrected chi connectivity index (χ2v) is 12.2. The molecule has 29 heavy (non-hydrogen) atoms. The van der Waals surface area contributed by atoms with Crippen LogP contribution in [0.25, 0.3) is 0 Å². The van der Waals surface area contributed by atoms with Gasteiger partial charge in [-0.05, 0) is 117 Å². The van der Waals surface area contributed by atoms with Crippen LogP contribution in [0.5, 0.6) is 0 Å². The smallest absolute Gasteiger partial charge is 0.0577 e. The molecule has 0 saturated heterocycles. The zero-order chi connectivity index (χ0) is 20.2. The van der Waals surface area contributed by atoms with E-state index < -0.39 is 0 Å². The van der Waals surface area contributed by atoms with E-state index in [0.717, 1.165) is 42.9 Å². The Hall–Kier alpha value is -0.340. The van der Waals surface area contributed by atoms with Crippen molar-refractivity contribution in [1.82, 2.24) is 0 Å². The molecule has 7 unspecified atom stereocenters. The van der Waals surface area contributed by atoms with Gasteiger partial charge in [-0.2, -0.15) is 0 Å². The molecule has 0 aliphatic heterocycles. The predicted molar refractivity (Wildman–Crippen MR) is 118 cm³/mol. The Bertz CT molecular complexity index is 636. The molecule has 0 aromatic heterocycles. The van der Waals surface area contributed by atoms with Gasteiger partial charge < -0.3 is 10.2 Å². The van der Waals surface area contributed by atoms with Gasteiger partial charge in [0.1, 0.15) is 0 Å². The molecule has 5 aliphatic rings. The van der Waals surface area contributed by atoms with Crippen molar-refractivity contribution < 1.29 is 10.2 Å². The molecule has 0 aromatic rings. The number of fused-ring (bicyclic) bond motifs is 5. The summed E-state index contributed by atoms with van der Waals surface area (Å²) in [5, 5.41) is 20.6. The van der Waals surface area contributed by atoms with Gasteiger partial charge in [0.15, 0.2) is 0 Å². The average Bonchev–Trinajstić information content (AvgIpc) is 2.97. The van der Waals surface area contributed by atoms with E-state index in [2.05, 4.69) is 19.9 Å². The highest BCUT2D eigenvalue weighted by Gasteiger charge is 2.58. The molecule has 0 aromatic carbocycles. The molecular weight excluding hydrogens is 356 g/mol. The average molecular weight is 401 g/mol. The van der Waals surface area contributed by atoms with Gasteiger partial charge in [0.25, 0.3) is 0 Å². The van der Waals surface area contributed by atoms with Gasteiger partial charge >= 0.3 is 0 Å². The molecule has 5 aliphatic carbocycles. The normalized spacial score (nSPS) is 48.1. The lowest BCUT2D eigenvalue weighted by atomic mass is 9.47. The first-order valence-electron chi connectivity index (χ1n) is 13.0. The zero-order valence-electron chi connectivity index (χ0n) is 18.9. The van der Waals surface area contributed by atoms with Crippen LogP contribution in [-0.2, 0) is 0 Å². The summed E-state index contributed by atoms with van der Waals surface area (Å²) in [4.78, 5) is 0. The van der Waals surface area contributed by atoms with E-state index >= 15 is 0 Å². The van der Waals surface area contributed by atoms with Crippen LogP contribution in [0.1, 0.15) is 104 Å². The summed E-state index contributed by atoms with van der Waals surface area (Å²) in [7, 11) is 0. The van der Waals surface area contributed by atoms with Crippen LogP contribution in [-0.4, -0.2) is 22.4 Å². The Labute approximate surface area is 178 Å². The Morgan fingerprint density at radius 1 is 1.03 bits per heavy atom. The topological polar surface area (TPSA) is 40.5 Å². The Morgan fingerprint density at radius 2 is 1.86 bits per heavy atom. The maximum absolute atomic E-state index is 10.4. The number of aliphatic hydroxyl groups is 2. The van der Waals surface area contributed by atoms with Crippen molar-refractivity contribution in [2.45, 2.75) is 116 Å². The minimum Gasteiger partial charge on any atom is -0.393 e. The van der Waals surface area contributed by atoms with Crippen molar-refractivity contribution in [2.24, 2.45) is 40.4 Å². The monoisotopic (exact) mass is 400 g/mol. The number of hydrogen-bond donors (Lipinski definition) is 2. The van der Waals surface area contributed by atoms with E-state index in [1.165, 1.54) is 70.6 Å². The standard InChI is InChI=1S/C27H44O2/c1-26-16-14-24-22(11-9-20-17-21(28)13-15-27(20,24)2)23(26)12-10-19(26)7-4-8-25(29)18-5-3-6-18/h9,18-19,21-25,28-29H,3-8,10-17H2,1-2H3/t19-,21?,22?,23?,24?,25?,26?,27?/m0/s1. The lowest BCUT2D eigenvalue weighted by Crippen LogP contribution is -2.50. The zero-order valence-corrected chi connectivity index (χ0v) is 18.9. The van der Waals surface area contributed by atoms with Crippen LogP contribution in [0.4, 0.5) is 0 Å². The maximum Gasteiger partial charge on any atom is 0.0577 e. The molecule has 4 fully saturated rings. The molecule has 2 N–H and O–H groups in total. The first-order valence-corrected chi connectivity index (χ1v) is 13.0. The third kappa shape index (κ3) is 3.36. The summed E-state index contributed by atoms with van der Waals surface area (Å²) in [6.45, 7) is 5.18. The number of allylic oxidation sites excluding steroid dienone is 1. The molecule has 0 amide bonds. The summed E-state index contributed by atoms with van der Waals surface area (Å²) in [5.41, 5.74) is 2.51. The van der Waals surface area contributed by atoms with Gasteiger partial charge in [0.2, 0.25) is 0 Å².